The van der Waals surface area contributed by atoms with Gasteiger partial charge in [-0.25, -0.2) is 4.79 Å². The van der Waals surface area contributed by atoms with Gasteiger partial charge in [-0.15, -0.1) is 0 Å². The number of thioether (sulfide) groups is 1. The van der Waals surface area contributed by atoms with E-state index in [1.807, 2.05) is 20.4 Å². The maximum absolute atomic E-state index is 12.4. The second-order valence-corrected chi connectivity index (χ2v) is 7.05. The number of urea groups is 1. The van der Waals surface area contributed by atoms with E-state index in [1.165, 1.54) is 18.2 Å². The van der Waals surface area contributed by atoms with E-state index in [-0.39, 0.29) is 16.7 Å². The highest BCUT2D eigenvalue weighted by molar-refractivity contribution is 7.99. The minimum atomic E-state index is -0.525. The Morgan fingerprint density at radius 3 is 2.65 bits per heavy atom. The average molecular weight is 359 g/mol. The smallest absolute Gasteiger partial charge is 0.321 e. The molecule has 0 bridgehead atoms. The predicted octanol–water partition coefficient (Wildman–Crippen LogP) is 2.76. The summed E-state index contributed by atoms with van der Waals surface area (Å²) < 4.78 is 0. The molecule has 1 heterocycles. The number of hydrogen-bond donors (Lipinski definition) is 1. The summed E-state index contributed by atoms with van der Waals surface area (Å²) >= 11 is 7.75. The summed E-state index contributed by atoms with van der Waals surface area (Å²) in [6.45, 7) is 1.29. The standard InChI is InChI=1S/C14H19ClN4O3S/c1-17(2)12-7-18(8-13(12)23-3)14(20)16-11-5-4-9(19(21)22)6-10(11)15/h4-6,12-13H,7-8H2,1-3H3,(H,16,20)/t12-,13+/m1/s1. The zero-order valence-electron chi connectivity index (χ0n) is 13.2. The molecule has 0 unspecified atom stereocenters. The molecule has 23 heavy (non-hydrogen) atoms. The van der Waals surface area contributed by atoms with Crippen molar-refractivity contribution in [3.05, 3.63) is 33.3 Å². The van der Waals surface area contributed by atoms with Crippen molar-refractivity contribution in [1.29, 1.82) is 0 Å². The van der Waals surface area contributed by atoms with Crippen LogP contribution in [0.1, 0.15) is 0 Å². The Balaban J connectivity index is 2.07. The molecule has 1 aliphatic rings. The minimum absolute atomic E-state index is 0.107. The number of hydrogen-bond acceptors (Lipinski definition) is 5. The first-order valence-electron chi connectivity index (χ1n) is 7.02. The molecule has 126 valence electrons. The molecule has 1 saturated heterocycles. The summed E-state index contributed by atoms with van der Waals surface area (Å²) in [6, 6.07) is 4.05. The van der Waals surface area contributed by atoms with Gasteiger partial charge in [-0.3, -0.25) is 10.1 Å². The number of halogens is 1. The molecule has 7 nitrogen and oxygen atoms in total. The van der Waals surface area contributed by atoms with Gasteiger partial charge in [-0.2, -0.15) is 11.8 Å². The van der Waals surface area contributed by atoms with Crippen LogP contribution in [0.2, 0.25) is 5.02 Å². The number of nitro groups is 1. The fourth-order valence-electron chi connectivity index (χ4n) is 2.56. The molecule has 2 rings (SSSR count). The summed E-state index contributed by atoms with van der Waals surface area (Å²) in [5, 5.41) is 13.9. The molecule has 0 aromatic heterocycles. The largest absolute Gasteiger partial charge is 0.322 e. The SMILES string of the molecule is CS[C@H]1CN(C(=O)Nc2ccc([N+](=O)[O-])cc2Cl)C[C@H]1N(C)C. The van der Waals surface area contributed by atoms with Crippen molar-refractivity contribution in [2.24, 2.45) is 0 Å². The zero-order valence-corrected chi connectivity index (χ0v) is 14.7. The van der Waals surface area contributed by atoms with Gasteiger partial charge in [0, 0.05) is 36.5 Å². The third-order valence-electron chi connectivity index (χ3n) is 3.90. The van der Waals surface area contributed by atoms with Crippen LogP contribution in [0.15, 0.2) is 18.2 Å². The minimum Gasteiger partial charge on any atom is -0.322 e. The molecule has 0 saturated carbocycles. The van der Waals surface area contributed by atoms with Crippen LogP contribution < -0.4 is 5.32 Å². The van der Waals surface area contributed by atoms with Crippen molar-refractivity contribution >= 4 is 40.8 Å². The van der Waals surface area contributed by atoms with Gasteiger partial charge in [0.1, 0.15) is 0 Å². The van der Waals surface area contributed by atoms with Gasteiger partial charge in [-0.1, -0.05) is 11.6 Å². The summed E-state index contributed by atoms with van der Waals surface area (Å²) in [4.78, 5) is 26.5. The van der Waals surface area contributed by atoms with Crippen LogP contribution >= 0.6 is 23.4 Å². The van der Waals surface area contributed by atoms with Crippen molar-refractivity contribution in [3.8, 4) is 0 Å². The Kier molecular flexibility index (Phi) is 5.72. The Hall–Kier alpha value is -1.51. The number of likely N-dealkylation sites (tertiary alicyclic amines) is 1. The van der Waals surface area contributed by atoms with E-state index >= 15 is 0 Å². The van der Waals surface area contributed by atoms with E-state index in [2.05, 4.69) is 10.2 Å². The normalized spacial score (nSPS) is 20.8. The summed E-state index contributed by atoms with van der Waals surface area (Å²) in [5.74, 6) is 0. The van der Waals surface area contributed by atoms with Gasteiger partial charge in [-0.05, 0) is 26.4 Å². The lowest BCUT2D eigenvalue weighted by Gasteiger charge is -2.23. The van der Waals surface area contributed by atoms with Crippen molar-refractivity contribution in [1.82, 2.24) is 9.80 Å². The molecule has 1 aliphatic heterocycles. The number of benzene rings is 1. The van der Waals surface area contributed by atoms with Crippen LogP contribution in [0.5, 0.6) is 0 Å². The number of amides is 2. The van der Waals surface area contributed by atoms with E-state index in [0.29, 0.717) is 30.1 Å². The number of nitrogens with one attached hydrogen (secondary N) is 1. The lowest BCUT2D eigenvalue weighted by molar-refractivity contribution is -0.384. The maximum Gasteiger partial charge on any atom is 0.321 e. The van der Waals surface area contributed by atoms with Crippen LogP contribution in [0.3, 0.4) is 0 Å². The van der Waals surface area contributed by atoms with Gasteiger partial charge >= 0.3 is 6.03 Å². The van der Waals surface area contributed by atoms with Crippen LogP contribution in [-0.2, 0) is 0 Å². The monoisotopic (exact) mass is 358 g/mol. The molecule has 1 aromatic carbocycles. The van der Waals surface area contributed by atoms with Crippen LogP contribution in [0, 0.1) is 10.1 Å². The van der Waals surface area contributed by atoms with Crippen LogP contribution in [-0.4, -0.2) is 65.5 Å². The van der Waals surface area contributed by atoms with Crippen LogP contribution in [0.4, 0.5) is 16.2 Å². The molecule has 1 aromatic rings. The number of carbonyl (C=O) groups is 1. The number of nitrogens with zero attached hydrogens (tertiary/aromatic N) is 3. The molecule has 0 radical (unpaired) electrons. The first-order valence-corrected chi connectivity index (χ1v) is 8.69. The lowest BCUT2D eigenvalue weighted by atomic mass is 10.2. The summed E-state index contributed by atoms with van der Waals surface area (Å²) in [7, 11) is 4.00. The first kappa shape index (κ1) is 17.8. The topological polar surface area (TPSA) is 78.7 Å². The molecule has 1 fully saturated rings. The molecule has 0 aliphatic carbocycles. The molecular formula is C14H19ClN4O3S. The van der Waals surface area contributed by atoms with E-state index in [0.717, 1.165) is 0 Å². The number of anilines is 1. The molecule has 2 amide bonds. The van der Waals surface area contributed by atoms with E-state index < -0.39 is 4.92 Å². The highest BCUT2D eigenvalue weighted by atomic mass is 35.5. The third kappa shape index (κ3) is 4.07. The molecule has 9 heteroatoms. The number of non-ortho nitro benzene ring substituents is 1. The van der Waals surface area contributed by atoms with Gasteiger partial charge in [0.25, 0.3) is 5.69 Å². The van der Waals surface area contributed by atoms with Crippen molar-refractivity contribution in [2.45, 2.75) is 11.3 Å². The van der Waals surface area contributed by atoms with Gasteiger partial charge in [0.05, 0.1) is 15.6 Å². The van der Waals surface area contributed by atoms with E-state index in [4.69, 9.17) is 11.6 Å². The molecular weight excluding hydrogens is 340 g/mol. The van der Waals surface area contributed by atoms with E-state index in [9.17, 15) is 14.9 Å². The Bertz CT molecular complexity index is 614. The van der Waals surface area contributed by atoms with Crippen molar-refractivity contribution < 1.29 is 9.72 Å². The van der Waals surface area contributed by atoms with Gasteiger partial charge in [0.2, 0.25) is 0 Å². The van der Waals surface area contributed by atoms with Gasteiger partial charge in [0.15, 0.2) is 0 Å². The van der Waals surface area contributed by atoms with E-state index in [1.54, 1.807) is 16.7 Å². The fourth-order valence-corrected chi connectivity index (χ4v) is 3.76. The zero-order chi connectivity index (χ0) is 17.1. The molecule has 2 atom stereocenters. The second kappa shape index (κ2) is 7.37. The summed E-state index contributed by atoms with van der Waals surface area (Å²) in [6.07, 6.45) is 2.04. The fraction of sp³-hybridized carbons (Fsp3) is 0.500. The Morgan fingerprint density at radius 2 is 2.17 bits per heavy atom. The number of nitro benzene ring substituents is 1. The highest BCUT2D eigenvalue weighted by Gasteiger charge is 2.36. The quantitative estimate of drug-likeness (QED) is 0.661. The molecule has 1 N–H and O–H groups in total. The lowest BCUT2D eigenvalue weighted by Crippen LogP contribution is -2.38. The first-order chi connectivity index (χ1) is 10.8. The highest BCUT2D eigenvalue weighted by Crippen LogP contribution is 2.28. The number of likely N-dealkylation sites (N-methyl/N-ethyl adjacent to an activating group) is 1. The number of carbonyl (C=O) groups excluding carboxylic acids is 1. The van der Waals surface area contributed by atoms with Crippen molar-refractivity contribution in [2.75, 3.05) is 38.8 Å². The Labute approximate surface area is 144 Å². The predicted molar refractivity (Wildman–Crippen MR) is 93.5 cm³/mol. The third-order valence-corrected chi connectivity index (χ3v) is 5.28. The second-order valence-electron chi connectivity index (χ2n) is 5.56. The number of rotatable bonds is 4. The summed E-state index contributed by atoms with van der Waals surface area (Å²) in [5.41, 5.74) is 0.264. The van der Waals surface area contributed by atoms with Gasteiger partial charge < -0.3 is 15.1 Å². The average Bonchev–Trinajstić information content (AvgIpc) is 2.93. The Morgan fingerprint density at radius 1 is 1.48 bits per heavy atom. The van der Waals surface area contributed by atoms with Crippen molar-refractivity contribution in [3.63, 3.8) is 0 Å². The van der Waals surface area contributed by atoms with Crippen LogP contribution in [0.25, 0.3) is 0 Å². The maximum atomic E-state index is 12.4. The molecule has 0 spiro atoms.